The summed E-state index contributed by atoms with van der Waals surface area (Å²) < 4.78 is 5.89. The van der Waals surface area contributed by atoms with Gasteiger partial charge in [-0.25, -0.2) is 0 Å². The van der Waals surface area contributed by atoms with E-state index >= 15 is 0 Å². The molecule has 1 saturated heterocycles. The fourth-order valence-corrected chi connectivity index (χ4v) is 4.57. The number of fused-ring (bicyclic) bond motifs is 1. The Hall–Kier alpha value is -1.19. The fourth-order valence-electron chi connectivity index (χ4n) is 2.24. The minimum Gasteiger partial charge on any atom is -0.414 e. The van der Waals surface area contributed by atoms with Crippen molar-refractivity contribution in [3.63, 3.8) is 0 Å². The molecular weight excluding hydrogens is 214 g/mol. The zero-order valence-corrected chi connectivity index (χ0v) is 10.4. The SMILES string of the molecule is c1ccc2nc([SiH]3CCCCO3)ccc2c1. The molecule has 1 fully saturated rings. The third-order valence-corrected chi connectivity index (χ3v) is 5.68. The van der Waals surface area contributed by atoms with E-state index in [0.29, 0.717) is 0 Å². The number of rotatable bonds is 1. The van der Waals surface area contributed by atoms with Crippen LogP contribution < -0.4 is 5.32 Å². The van der Waals surface area contributed by atoms with Crippen molar-refractivity contribution in [1.29, 1.82) is 0 Å². The maximum Gasteiger partial charge on any atom is 0.227 e. The first kappa shape index (κ1) is 9.99. The second-order valence-electron chi connectivity index (χ2n) is 4.28. The summed E-state index contributed by atoms with van der Waals surface area (Å²) in [5.74, 6) is 0. The van der Waals surface area contributed by atoms with Gasteiger partial charge in [0, 0.05) is 12.0 Å². The van der Waals surface area contributed by atoms with E-state index < -0.39 is 9.04 Å². The van der Waals surface area contributed by atoms with Crippen LogP contribution in [-0.4, -0.2) is 20.6 Å². The summed E-state index contributed by atoms with van der Waals surface area (Å²) in [7, 11) is -1.20. The first-order valence-electron chi connectivity index (χ1n) is 5.91. The van der Waals surface area contributed by atoms with Gasteiger partial charge in [-0.05, 0) is 24.6 Å². The summed E-state index contributed by atoms with van der Waals surface area (Å²) in [5, 5.41) is 2.44. The van der Waals surface area contributed by atoms with Crippen LogP contribution in [0.1, 0.15) is 12.8 Å². The molecule has 0 bridgehead atoms. The van der Waals surface area contributed by atoms with Crippen LogP contribution in [0.5, 0.6) is 0 Å². The van der Waals surface area contributed by atoms with Crippen molar-refractivity contribution in [2.24, 2.45) is 0 Å². The smallest absolute Gasteiger partial charge is 0.227 e. The van der Waals surface area contributed by atoms with Gasteiger partial charge in [0.15, 0.2) is 0 Å². The number of aromatic nitrogens is 1. The zero-order valence-electron chi connectivity index (χ0n) is 9.23. The van der Waals surface area contributed by atoms with Gasteiger partial charge in [-0.2, -0.15) is 0 Å². The highest BCUT2D eigenvalue weighted by Crippen LogP contribution is 2.13. The van der Waals surface area contributed by atoms with Gasteiger partial charge in [0.2, 0.25) is 9.04 Å². The topological polar surface area (TPSA) is 22.1 Å². The molecule has 0 N–H and O–H groups in total. The molecule has 0 spiro atoms. The summed E-state index contributed by atoms with van der Waals surface area (Å²) in [4.78, 5) is 4.74. The lowest BCUT2D eigenvalue weighted by atomic mass is 10.2. The number of hydrogen-bond acceptors (Lipinski definition) is 2. The summed E-state index contributed by atoms with van der Waals surface area (Å²) >= 11 is 0. The Bertz CT molecular complexity index is 494. The predicted octanol–water partition coefficient (Wildman–Crippen LogP) is 1.98. The minimum absolute atomic E-state index is 0.936. The number of pyridine rings is 1. The van der Waals surface area contributed by atoms with Gasteiger partial charge in [0.05, 0.1) is 10.8 Å². The first-order chi connectivity index (χ1) is 7.93. The monoisotopic (exact) mass is 229 g/mol. The molecular formula is C13H15NOSi. The van der Waals surface area contributed by atoms with Gasteiger partial charge in [-0.1, -0.05) is 30.7 Å². The Morgan fingerprint density at radius 2 is 2.00 bits per heavy atom. The molecule has 1 unspecified atom stereocenters. The summed E-state index contributed by atoms with van der Waals surface area (Å²) in [6.07, 6.45) is 2.53. The third kappa shape index (κ3) is 1.88. The summed E-state index contributed by atoms with van der Waals surface area (Å²) in [6.45, 7) is 0.936. The lowest BCUT2D eigenvalue weighted by Crippen LogP contribution is -2.38. The van der Waals surface area contributed by atoms with Gasteiger partial charge in [0.1, 0.15) is 0 Å². The van der Waals surface area contributed by atoms with Crippen molar-refractivity contribution in [3.8, 4) is 0 Å². The molecule has 1 atom stereocenters. The molecule has 1 aliphatic heterocycles. The van der Waals surface area contributed by atoms with E-state index in [4.69, 9.17) is 9.41 Å². The van der Waals surface area contributed by atoms with Crippen LogP contribution in [0, 0.1) is 0 Å². The normalized spacial score (nSPS) is 21.1. The van der Waals surface area contributed by atoms with Crippen LogP contribution in [0.2, 0.25) is 6.04 Å². The fraction of sp³-hybridized carbons (Fsp3) is 0.308. The number of hydrogen-bond donors (Lipinski definition) is 0. The van der Waals surface area contributed by atoms with Crippen LogP contribution in [0.3, 0.4) is 0 Å². The van der Waals surface area contributed by atoms with Crippen molar-refractivity contribution in [3.05, 3.63) is 36.4 Å². The van der Waals surface area contributed by atoms with Crippen molar-refractivity contribution < 1.29 is 4.43 Å². The van der Waals surface area contributed by atoms with Crippen molar-refractivity contribution in [2.75, 3.05) is 6.61 Å². The van der Waals surface area contributed by atoms with E-state index in [0.717, 1.165) is 12.1 Å². The predicted molar refractivity (Wildman–Crippen MR) is 68.5 cm³/mol. The van der Waals surface area contributed by atoms with Gasteiger partial charge in [-0.15, -0.1) is 0 Å². The third-order valence-electron chi connectivity index (χ3n) is 3.13. The van der Waals surface area contributed by atoms with E-state index in [1.54, 1.807) is 0 Å². The number of benzene rings is 1. The van der Waals surface area contributed by atoms with Crippen LogP contribution in [0.4, 0.5) is 0 Å². The van der Waals surface area contributed by atoms with E-state index in [1.807, 2.05) is 6.07 Å². The van der Waals surface area contributed by atoms with Gasteiger partial charge < -0.3 is 4.43 Å². The highest BCUT2D eigenvalue weighted by atomic mass is 28.3. The molecule has 0 radical (unpaired) electrons. The molecule has 2 heterocycles. The molecule has 1 aromatic heterocycles. The average molecular weight is 229 g/mol. The van der Waals surface area contributed by atoms with E-state index in [9.17, 15) is 0 Å². The second-order valence-corrected chi connectivity index (χ2v) is 6.76. The molecule has 2 nitrogen and oxygen atoms in total. The largest absolute Gasteiger partial charge is 0.414 e. The standard InChI is InChI=1S/C13H15NOSi/c1-2-6-12-11(5-1)7-8-13(14-12)16-10-4-3-9-15-16/h1-2,5-8,16H,3-4,9-10H2. The lowest BCUT2D eigenvalue weighted by Gasteiger charge is -2.20. The highest BCUT2D eigenvalue weighted by molar-refractivity contribution is 6.66. The Morgan fingerprint density at radius 1 is 1.06 bits per heavy atom. The summed E-state index contributed by atoms with van der Waals surface area (Å²) in [5.41, 5.74) is 1.10. The number of nitrogens with zero attached hydrogens (tertiary/aromatic N) is 1. The van der Waals surface area contributed by atoms with E-state index in [1.165, 1.54) is 29.6 Å². The Balaban J connectivity index is 1.97. The molecule has 0 amide bonds. The zero-order chi connectivity index (χ0) is 10.8. The molecule has 0 saturated carbocycles. The van der Waals surface area contributed by atoms with Gasteiger partial charge >= 0.3 is 0 Å². The molecule has 1 aromatic carbocycles. The van der Waals surface area contributed by atoms with E-state index in [2.05, 4.69) is 30.3 Å². The maximum atomic E-state index is 5.89. The average Bonchev–Trinajstić information content (AvgIpc) is 2.39. The molecule has 2 aromatic rings. The molecule has 82 valence electrons. The van der Waals surface area contributed by atoms with Crippen LogP contribution in [0.25, 0.3) is 10.9 Å². The molecule has 16 heavy (non-hydrogen) atoms. The Labute approximate surface area is 97.0 Å². The molecule has 1 aliphatic rings. The van der Waals surface area contributed by atoms with Gasteiger partial charge in [-0.3, -0.25) is 4.98 Å². The summed E-state index contributed by atoms with van der Waals surface area (Å²) in [6, 6.07) is 13.9. The Morgan fingerprint density at radius 3 is 2.88 bits per heavy atom. The van der Waals surface area contributed by atoms with Gasteiger partial charge in [0.25, 0.3) is 0 Å². The lowest BCUT2D eigenvalue weighted by molar-refractivity contribution is 0.294. The highest BCUT2D eigenvalue weighted by Gasteiger charge is 2.19. The molecule has 0 aliphatic carbocycles. The van der Waals surface area contributed by atoms with Crippen molar-refractivity contribution in [2.45, 2.75) is 18.9 Å². The Kier molecular flexibility index (Phi) is 2.72. The van der Waals surface area contributed by atoms with Crippen LogP contribution >= 0.6 is 0 Å². The quantitative estimate of drug-likeness (QED) is 0.698. The maximum absolute atomic E-state index is 5.89. The molecule has 3 heteroatoms. The van der Waals surface area contributed by atoms with Crippen molar-refractivity contribution in [1.82, 2.24) is 4.98 Å². The molecule has 3 rings (SSSR count). The van der Waals surface area contributed by atoms with Crippen LogP contribution in [-0.2, 0) is 4.43 Å². The minimum atomic E-state index is -1.20. The van der Waals surface area contributed by atoms with Crippen LogP contribution in [0.15, 0.2) is 36.4 Å². The van der Waals surface area contributed by atoms with Crippen molar-refractivity contribution >= 4 is 25.3 Å². The second kappa shape index (κ2) is 4.35. The van der Waals surface area contributed by atoms with E-state index in [-0.39, 0.29) is 0 Å². The first-order valence-corrected chi connectivity index (χ1v) is 7.77. The number of para-hydroxylation sites is 1.